The Morgan fingerprint density at radius 3 is 2.25 bits per heavy atom. The topological polar surface area (TPSA) is 78.8 Å². The molecule has 178 valence electrons. The summed E-state index contributed by atoms with van der Waals surface area (Å²) in [6, 6.07) is 0. The smallest absolute Gasteiger partial charge is 0.243 e. The molecule has 1 aliphatic rings. The molecule has 6 heteroatoms. The van der Waals surface area contributed by atoms with E-state index in [0.717, 1.165) is 0 Å². The summed E-state index contributed by atoms with van der Waals surface area (Å²) in [7, 11) is -2.02. The fourth-order valence-electron chi connectivity index (χ4n) is 2.57. The first kappa shape index (κ1) is 28.0. The zero-order valence-electron chi connectivity index (χ0n) is 20.4. The summed E-state index contributed by atoms with van der Waals surface area (Å²) >= 11 is 0. The number of hydrogen-bond donors (Lipinski definition) is 3. The quantitative estimate of drug-likeness (QED) is 0.417. The molecule has 2 unspecified atom stereocenters. The molecule has 0 bridgehead atoms. The van der Waals surface area contributed by atoms with E-state index in [1.54, 1.807) is 24.3 Å². The van der Waals surface area contributed by atoms with E-state index in [1.807, 2.05) is 49.5 Å². The third-order valence-electron chi connectivity index (χ3n) is 5.67. The van der Waals surface area contributed by atoms with Crippen LogP contribution in [0, 0.1) is 5.92 Å². The van der Waals surface area contributed by atoms with Gasteiger partial charge in [-0.15, -0.1) is 0 Å². The average molecular weight is 460 g/mol. The minimum Gasteiger partial charge on any atom is -0.410 e. The van der Waals surface area contributed by atoms with E-state index in [4.69, 9.17) is 4.43 Å². The van der Waals surface area contributed by atoms with Crippen molar-refractivity contribution in [1.82, 2.24) is 5.32 Å². The number of allylic oxidation sites excluding steroid dienone is 6. The summed E-state index contributed by atoms with van der Waals surface area (Å²) in [5, 5.41) is 23.5. The van der Waals surface area contributed by atoms with Crippen LogP contribution in [0.1, 0.15) is 34.1 Å². The second-order valence-corrected chi connectivity index (χ2v) is 14.4. The molecular weight excluding hydrogens is 418 g/mol. The number of rotatable bonds is 2. The lowest BCUT2D eigenvalue weighted by molar-refractivity contribution is -0.116. The Bertz CT molecular complexity index is 756. The molecule has 0 spiro atoms. The summed E-state index contributed by atoms with van der Waals surface area (Å²) in [5.74, 6) is -0.00776. The molecule has 1 rings (SSSR count). The molecule has 0 aromatic carbocycles. The molecule has 32 heavy (non-hydrogen) atoms. The minimum absolute atomic E-state index is 0.0589. The molecule has 4 atom stereocenters. The Hall–Kier alpha value is -1.99. The van der Waals surface area contributed by atoms with Gasteiger partial charge in [-0.25, -0.2) is 0 Å². The van der Waals surface area contributed by atoms with E-state index < -0.39 is 20.5 Å². The van der Waals surface area contributed by atoms with E-state index in [-0.39, 0.29) is 23.0 Å². The first-order chi connectivity index (χ1) is 14.9. The van der Waals surface area contributed by atoms with Crippen molar-refractivity contribution in [3.05, 3.63) is 72.9 Å². The first-order valence-electron chi connectivity index (χ1n) is 11.3. The van der Waals surface area contributed by atoms with Gasteiger partial charge in [-0.1, -0.05) is 94.5 Å². The van der Waals surface area contributed by atoms with Crippen LogP contribution >= 0.6 is 0 Å². The van der Waals surface area contributed by atoms with Crippen LogP contribution in [0.15, 0.2) is 72.9 Å². The van der Waals surface area contributed by atoms with E-state index in [9.17, 15) is 15.0 Å². The van der Waals surface area contributed by atoms with E-state index >= 15 is 0 Å². The molecule has 0 aromatic rings. The lowest BCUT2D eigenvalue weighted by Crippen LogP contribution is -2.43. The molecule has 0 saturated carbocycles. The van der Waals surface area contributed by atoms with Gasteiger partial charge in [-0.3, -0.25) is 4.79 Å². The van der Waals surface area contributed by atoms with Gasteiger partial charge < -0.3 is 20.0 Å². The van der Waals surface area contributed by atoms with Crippen molar-refractivity contribution in [1.29, 1.82) is 0 Å². The van der Waals surface area contributed by atoms with Gasteiger partial charge in [0.25, 0.3) is 0 Å². The fraction of sp³-hybridized carbons (Fsp3) is 0.500. The molecule has 3 N–H and O–H groups in total. The van der Waals surface area contributed by atoms with Crippen molar-refractivity contribution in [3.63, 3.8) is 0 Å². The molecule has 0 saturated heterocycles. The Labute approximate surface area is 195 Å². The van der Waals surface area contributed by atoms with E-state index in [1.165, 1.54) is 6.08 Å². The van der Waals surface area contributed by atoms with Crippen molar-refractivity contribution in [2.75, 3.05) is 6.54 Å². The number of carbonyl (C=O) groups excluding carboxylic acids is 1. The highest BCUT2D eigenvalue weighted by atomic mass is 28.4. The molecule has 0 aliphatic carbocycles. The first-order valence-corrected chi connectivity index (χ1v) is 14.2. The van der Waals surface area contributed by atoms with E-state index in [2.05, 4.69) is 39.2 Å². The van der Waals surface area contributed by atoms with Gasteiger partial charge in [-0.2, -0.15) is 0 Å². The number of amides is 1. The summed E-state index contributed by atoms with van der Waals surface area (Å²) in [6.07, 6.45) is 19.6. The molecule has 0 fully saturated rings. The average Bonchev–Trinajstić information content (AvgIpc) is 2.70. The van der Waals surface area contributed by atoms with E-state index in [0.29, 0.717) is 13.0 Å². The van der Waals surface area contributed by atoms with Crippen LogP contribution in [0.5, 0.6) is 0 Å². The maximum atomic E-state index is 11.9. The molecular formula is C26H41NO4Si. The predicted octanol–water partition coefficient (Wildman–Crippen LogP) is 4.59. The van der Waals surface area contributed by atoms with Crippen molar-refractivity contribution in [2.45, 2.75) is 70.6 Å². The van der Waals surface area contributed by atoms with Gasteiger partial charge >= 0.3 is 0 Å². The van der Waals surface area contributed by atoms with Crippen LogP contribution in [0.2, 0.25) is 18.1 Å². The second-order valence-electron chi connectivity index (χ2n) is 9.68. The number of aliphatic hydroxyl groups is 2. The number of carbonyl (C=O) groups is 1. The van der Waals surface area contributed by atoms with Crippen LogP contribution in [0.25, 0.3) is 0 Å². The molecule has 5 nitrogen and oxygen atoms in total. The highest BCUT2D eigenvalue weighted by Crippen LogP contribution is 2.37. The highest BCUT2D eigenvalue weighted by molar-refractivity contribution is 6.74. The van der Waals surface area contributed by atoms with Crippen molar-refractivity contribution < 1.29 is 19.4 Å². The van der Waals surface area contributed by atoms with Gasteiger partial charge in [0, 0.05) is 12.6 Å². The Morgan fingerprint density at radius 1 is 0.938 bits per heavy atom. The number of hydrogen-bond acceptors (Lipinski definition) is 4. The zero-order valence-corrected chi connectivity index (χ0v) is 21.4. The van der Waals surface area contributed by atoms with Gasteiger partial charge in [0.1, 0.15) is 12.2 Å². The normalized spacial score (nSPS) is 32.8. The molecule has 1 amide bonds. The lowest BCUT2D eigenvalue weighted by Gasteiger charge is -2.38. The standard InChI is InChI=1S/C26H41NO4Si/c1-21-14-12-13-16-23(28)24(29)19-18-22(31-32(5,6)26(2,3)4)15-10-8-7-9-11-17-25(30)27-20-21/h7-14,16-19,21-24,28-29H,15,20H2,1-6H3,(H,27,30)/b9-7+,10-8+,14-12+,16-13+,17-11+,19-18+/t21-,22+,23?,24?/m1/s1. The van der Waals surface area contributed by atoms with Gasteiger partial charge in [0.05, 0.1) is 6.10 Å². The minimum atomic E-state index is -2.02. The third kappa shape index (κ3) is 11.0. The maximum Gasteiger partial charge on any atom is 0.243 e. The van der Waals surface area contributed by atoms with Crippen LogP contribution < -0.4 is 5.32 Å². The summed E-state index contributed by atoms with van der Waals surface area (Å²) < 4.78 is 6.51. The maximum absolute atomic E-state index is 11.9. The van der Waals surface area contributed by atoms with Crippen LogP contribution in [0.4, 0.5) is 0 Å². The van der Waals surface area contributed by atoms with Crippen molar-refractivity contribution in [2.24, 2.45) is 5.92 Å². The van der Waals surface area contributed by atoms with Crippen molar-refractivity contribution >= 4 is 14.2 Å². The Balaban J connectivity index is 3.07. The lowest BCUT2D eigenvalue weighted by atomic mass is 10.1. The number of aliphatic hydroxyl groups excluding tert-OH is 2. The summed E-state index contributed by atoms with van der Waals surface area (Å²) in [5.41, 5.74) is 0. The summed E-state index contributed by atoms with van der Waals surface area (Å²) in [6.45, 7) is 13.5. The molecule has 1 aliphatic heterocycles. The fourth-order valence-corrected chi connectivity index (χ4v) is 3.85. The second kappa shape index (κ2) is 13.5. The van der Waals surface area contributed by atoms with Gasteiger partial charge in [-0.05, 0) is 30.5 Å². The van der Waals surface area contributed by atoms with Crippen LogP contribution in [-0.2, 0) is 9.22 Å². The molecule has 0 aromatic heterocycles. The Morgan fingerprint density at radius 2 is 1.56 bits per heavy atom. The highest BCUT2D eigenvalue weighted by Gasteiger charge is 2.38. The largest absolute Gasteiger partial charge is 0.410 e. The van der Waals surface area contributed by atoms with Crippen LogP contribution in [-0.4, -0.2) is 49.3 Å². The monoisotopic (exact) mass is 459 g/mol. The summed E-state index contributed by atoms with van der Waals surface area (Å²) in [4.78, 5) is 11.9. The number of nitrogens with one attached hydrogen (secondary N) is 1. The Kier molecular flexibility index (Phi) is 11.9. The third-order valence-corrected chi connectivity index (χ3v) is 10.2. The molecule has 1 heterocycles. The van der Waals surface area contributed by atoms with Gasteiger partial charge in [0.15, 0.2) is 8.32 Å². The molecule has 0 radical (unpaired) electrons. The van der Waals surface area contributed by atoms with Crippen molar-refractivity contribution in [3.8, 4) is 0 Å². The SMILES string of the molecule is C[C@@H]1/C=C/C=C/C(O)C(O)/C=C/[C@@H](O[Si](C)(C)C(C)(C)C)C/C=C/C=C/C=C/C(=O)NC1. The van der Waals surface area contributed by atoms with Gasteiger partial charge in [0.2, 0.25) is 5.91 Å². The van der Waals surface area contributed by atoms with Crippen LogP contribution in [0.3, 0.4) is 0 Å². The zero-order chi connectivity index (χ0) is 24.2. The predicted molar refractivity (Wildman–Crippen MR) is 136 cm³/mol.